The van der Waals surface area contributed by atoms with Gasteiger partial charge in [-0.1, -0.05) is 0 Å². The second-order valence-electron chi connectivity index (χ2n) is 2.38. The summed E-state index contributed by atoms with van der Waals surface area (Å²) in [6, 6.07) is 1.50. The number of carboxylic acids is 1. The molecule has 0 fully saturated rings. The molecule has 0 aliphatic carbocycles. The third kappa shape index (κ3) is 4.45. The third-order valence-electron chi connectivity index (χ3n) is 1.36. The highest BCUT2D eigenvalue weighted by Crippen LogP contribution is 1.98. The van der Waals surface area contributed by atoms with Gasteiger partial charge >= 0.3 is 5.97 Å². The molecule has 74 valence electrons. The minimum Gasteiger partial charge on any atom is -0.481 e. The molecule has 1 N–H and O–H groups in total. The van der Waals surface area contributed by atoms with Gasteiger partial charge in [0.25, 0.3) is 0 Å². The molecule has 0 aliphatic heterocycles. The normalized spacial score (nSPS) is 11.2. The zero-order valence-electron chi connectivity index (χ0n) is 7.10. The Kier molecular flexibility index (Phi) is 4.37. The standard InChI is InChI=1S/C6H10N2O4S/c1-8(4-2-6(9)10)13(11,12)5-3-7/h2,4-5H2,1H3,(H,9,10). The van der Waals surface area contributed by atoms with E-state index in [9.17, 15) is 13.2 Å². The predicted octanol–water partition coefficient (Wildman–Crippen LogP) is -0.754. The fraction of sp³-hybridized carbons (Fsp3) is 0.667. The Balaban J connectivity index is 4.19. The van der Waals surface area contributed by atoms with E-state index in [2.05, 4.69) is 0 Å². The van der Waals surface area contributed by atoms with Crippen LogP contribution in [-0.4, -0.2) is 43.1 Å². The Morgan fingerprint density at radius 2 is 2.15 bits per heavy atom. The van der Waals surface area contributed by atoms with Gasteiger partial charge in [0.1, 0.15) is 0 Å². The molecule has 0 amide bonds. The Morgan fingerprint density at radius 3 is 2.54 bits per heavy atom. The number of sulfonamides is 1. The Labute approximate surface area is 76.4 Å². The van der Waals surface area contributed by atoms with Gasteiger partial charge in [0, 0.05) is 13.6 Å². The summed E-state index contributed by atoms with van der Waals surface area (Å²) in [5.41, 5.74) is 0. The van der Waals surface area contributed by atoms with E-state index >= 15 is 0 Å². The maximum Gasteiger partial charge on any atom is 0.304 e. The zero-order chi connectivity index (χ0) is 10.5. The second kappa shape index (κ2) is 4.79. The summed E-state index contributed by atoms with van der Waals surface area (Å²) in [6.07, 6.45) is -0.263. The first-order chi connectivity index (χ1) is 5.90. The molecule has 6 nitrogen and oxygen atoms in total. The highest BCUT2D eigenvalue weighted by atomic mass is 32.2. The molecule has 7 heteroatoms. The van der Waals surface area contributed by atoms with Crippen molar-refractivity contribution in [1.82, 2.24) is 4.31 Å². The Hall–Kier alpha value is -1.13. The van der Waals surface area contributed by atoms with Crippen molar-refractivity contribution in [3.8, 4) is 6.07 Å². The molecule has 13 heavy (non-hydrogen) atoms. The van der Waals surface area contributed by atoms with Crippen molar-refractivity contribution in [2.75, 3.05) is 19.3 Å². The van der Waals surface area contributed by atoms with Crippen molar-refractivity contribution >= 4 is 16.0 Å². The molecule has 0 saturated heterocycles. The molecule has 0 rings (SSSR count). The summed E-state index contributed by atoms with van der Waals surface area (Å²) in [6.45, 7) is -0.112. The van der Waals surface area contributed by atoms with Crippen LogP contribution in [0.3, 0.4) is 0 Å². The van der Waals surface area contributed by atoms with Gasteiger partial charge in [-0.25, -0.2) is 12.7 Å². The number of nitrogens with zero attached hydrogens (tertiary/aromatic N) is 2. The van der Waals surface area contributed by atoms with Crippen LogP contribution in [0.1, 0.15) is 6.42 Å². The topological polar surface area (TPSA) is 98.5 Å². The largest absolute Gasteiger partial charge is 0.481 e. The van der Waals surface area contributed by atoms with Crippen LogP contribution in [0.15, 0.2) is 0 Å². The van der Waals surface area contributed by atoms with Crippen LogP contribution >= 0.6 is 0 Å². The zero-order valence-corrected chi connectivity index (χ0v) is 7.91. The van der Waals surface area contributed by atoms with Crippen molar-refractivity contribution in [3.05, 3.63) is 0 Å². The lowest BCUT2D eigenvalue weighted by Gasteiger charge is -2.12. The van der Waals surface area contributed by atoms with Crippen molar-refractivity contribution in [2.45, 2.75) is 6.42 Å². The first-order valence-electron chi connectivity index (χ1n) is 3.43. The SMILES string of the molecule is CN(CCC(=O)O)S(=O)(=O)CC#N. The van der Waals surface area contributed by atoms with Gasteiger partial charge in [-0.3, -0.25) is 4.79 Å². The van der Waals surface area contributed by atoms with Gasteiger partial charge in [0.15, 0.2) is 5.75 Å². The van der Waals surface area contributed by atoms with E-state index in [1.54, 1.807) is 0 Å². The summed E-state index contributed by atoms with van der Waals surface area (Å²) in [5, 5.41) is 16.4. The van der Waals surface area contributed by atoms with Crippen molar-refractivity contribution in [3.63, 3.8) is 0 Å². The van der Waals surface area contributed by atoms with E-state index < -0.39 is 21.7 Å². The molecule has 0 spiro atoms. The predicted molar refractivity (Wildman–Crippen MR) is 44.3 cm³/mol. The highest BCUT2D eigenvalue weighted by molar-refractivity contribution is 7.89. The smallest absolute Gasteiger partial charge is 0.304 e. The van der Waals surface area contributed by atoms with Crippen LogP contribution in [0.4, 0.5) is 0 Å². The second-order valence-corrected chi connectivity index (χ2v) is 4.46. The van der Waals surface area contributed by atoms with Gasteiger partial charge in [-0.05, 0) is 0 Å². The van der Waals surface area contributed by atoms with E-state index in [-0.39, 0.29) is 13.0 Å². The Morgan fingerprint density at radius 1 is 1.62 bits per heavy atom. The van der Waals surface area contributed by atoms with Crippen LogP contribution in [0, 0.1) is 11.3 Å². The lowest BCUT2D eigenvalue weighted by atomic mass is 10.4. The van der Waals surface area contributed by atoms with Crippen molar-refractivity contribution in [2.24, 2.45) is 0 Å². The number of carboxylic acid groups (broad SMARTS) is 1. The molecule has 0 aromatic heterocycles. The number of hydrogen-bond acceptors (Lipinski definition) is 4. The summed E-state index contributed by atoms with van der Waals surface area (Å²) in [5.74, 6) is -1.69. The molecule has 0 saturated carbocycles. The summed E-state index contributed by atoms with van der Waals surface area (Å²) < 4.78 is 23.0. The maximum absolute atomic E-state index is 11.1. The first-order valence-corrected chi connectivity index (χ1v) is 5.04. The lowest BCUT2D eigenvalue weighted by Crippen LogP contribution is -2.30. The van der Waals surface area contributed by atoms with Crippen LogP contribution in [-0.2, 0) is 14.8 Å². The van der Waals surface area contributed by atoms with Gasteiger partial charge in [-0.15, -0.1) is 0 Å². The fourth-order valence-corrected chi connectivity index (χ4v) is 1.34. The molecule has 0 bridgehead atoms. The molecular formula is C6H10N2O4S. The van der Waals surface area contributed by atoms with E-state index in [1.807, 2.05) is 0 Å². The average Bonchev–Trinajstić information content (AvgIpc) is 1.99. The van der Waals surface area contributed by atoms with E-state index in [4.69, 9.17) is 10.4 Å². The minimum absolute atomic E-state index is 0.112. The Bertz CT molecular complexity index is 316. The van der Waals surface area contributed by atoms with Gasteiger partial charge in [0.05, 0.1) is 12.5 Å². The monoisotopic (exact) mass is 206 g/mol. The van der Waals surface area contributed by atoms with E-state index in [0.717, 1.165) is 4.31 Å². The molecule has 0 aromatic carbocycles. The molecule has 0 atom stereocenters. The highest BCUT2D eigenvalue weighted by Gasteiger charge is 2.17. The molecule has 0 heterocycles. The van der Waals surface area contributed by atoms with Gasteiger partial charge in [0.2, 0.25) is 10.0 Å². The van der Waals surface area contributed by atoms with Gasteiger partial charge < -0.3 is 5.11 Å². The summed E-state index contributed by atoms with van der Waals surface area (Å²) in [7, 11) is -2.35. The van der Waals surface area contributed by atoms with Crippen LogP contribution < -0.4 is 0 Å². The van der Waals surface area contributed by atoms with Crippen LogP contribution in [0.25, 0.3) is 0 Å². The molecular weight excluding hydrogens is 196 g/mol. The maximum atomic E-state index is 11.1. The number of rotatable bonds is 5. The van der Waals surface area contributed by atoms with Crippen molar-refractivity contribution < 1.29 is 18.3 Å². The third-order valence-corrected chi connectivity index (χ3v) is 2.99. The van der Waals surface area contributed by atoms with Crippen LogP contribution in [0.2, 0.25) is 0 Å². The molecule has 0 aromatic rings. The lowest BCUT2D eigenvalue weighted by molar-refractivity contribution is -0.137. The quantitative estimate of drug-likeness (QED) is 0.637. The number of hydrogen-bond donors (Lipinski definition) is 1. The van der Waals surface area contributed by atoms with Crippen molar-refractivity contribution in [1.29, 1.82) is 5.26 Å². The minimum atomic E-state index is -3.60. The van der Waals surface area contributed by atoms with E-state index in [0.29, 0.717) is 0 Å². The molecule has 0 aliphatic rings. The summed E-state index contributed by atoms with van der Waals surface area (Å²) in [4.78, 5) is 10.1. The number of nitriles is 1. The first kappa shape index (κ1) is 11.9. The fourth-order valence-electron chi connectivity index (χ4n) is 0.584. The number of aliphatic carboxylic acids is 1. The van der Waals surface area contributed by atoms with Gasteiger partial charge in [-0.2, -0.15) is 5.26 Å². The number of carbonyl (C=O) groups is 1. The van der Waals surface area contributed by atoms with E-state index in [1.165, 1.54) is 13.1 Å². The average molecular weight is 206 g/mol. The molecule has 0 unspecified atom stereocenters. The van der Waals surface area contributed by atoms with Crippen LogP contribution in [0.5, 0.6) is 0 Å². The molecule has 0 radical (unpaired) electrons. The summed E-state index contributed by atoms with van der Waals surface area (Å²) >= 11 is 0.